The van der Waals surface area contributed by atoms with Gasteiger partial charge in [0.05, 0.1) is 16.7 Å². The minimum atomic E-state index is -0.236. The second-order valence-electron chi connectivity index (χ2n) is 5.28. The van der Waals surface area contributed by atoms with E-state index in [2.05, 4.69) is 20.3 Å². The summed E-state index contributed by atoms with van der Waals surface area (Å²) in [4.78, 5) is 13.3. The molecule has 0 radical (unpaired) electrons. The minimum absolute atomic E-state index is 0.000931. The number of hydrogen-bond acceptors (Lipinski definition) is 5. The van der Waals surface area contributed by atoms with E-state index in [0.717, 1.165) is 27.3 Å². The van der Waals surface area contributed by atoms with Crippen molar-refractivity contribution in [1.29, 1.82) is 0 Å². The first-order chi connectivity index (χ1) is 11.1. The molecule has 118 valence electrons. The van der Waals surface area contributed by atoms with Crippen LogP contribution in [-0.2, 0) is 0 Å². The fourth-order valence-corrected chi connectivity index (χ4v) is 2.78. The number of pyridine rings is 1. The van der Waals surface area contributed by atoms with Gasteiger partial charge in [0.25, 0.3) is 0 Å². The van der Waals surface area contributed by atoms with E-state index in [1.165, 1.54) is 12.1 Å². The Bertz CT molecular complexity index is 836. The molecule has 0 aliphatic heterocycles. The molecule has 0 spiro atoms. The van der Waals surface area contributed by atoms with Crippen LogP contribution in [0.4, 0.5) is 10.2 Å². The van der Waals surface area contributed by atoms with Crippen molar-refractivity contribution in [3.8, 4) is 0 Å². The van der Waals surface area contributed by atoms with Crippen LogP contribution in [0.3, 0.4) is 0 Å². The van der Waals surface area contributed by atoms with Gasteiger partial charge in [-0.1, -0.05) is 12.1 Å². The number of fused-ring (bicyclic) bond motifs is 1. The summed E-state index contributed by atoms with van der Waals surface area (Å²) in [6.07, 6.45) is 3.75. The minimum Gasteiger partial charge on any atom is -0.363 e. The Kier molecular flexibility index (Phi) is 4.43. The number of nitrogens with zero attached hydrogens (tertiary/aromatic N) is 3. The fraction of sp³-hybridized carbons (Fsp3) is 0.235. The average molecular weight is 328 g/mol. The molecule has 1 atom stereocenters. The number of aromatic nitrogens is 3. The van der Waals surface area contributed by atoms with Crippen molar-refractivity contribution < 1.29 is 4.39 Å². The maximum atomic E-state index is 13.1. The van der Waals surface area contributed by atoms with Crippen LogP contribution in [0.1, 0.15) is 24.4 Å². The number of rotatable bonds is 4. The Hall–Kier alpha value is -2.21. The van der Waals surface area contributed by atoms with Crippen molar-refractivity contribution in [1.82, 2.24) is 15.0 Å². The van der Waals surface area contributed by atoms with Crippen molar-refractivity contribution in [2.24, 2.45) is 0 Å². The Balaban J connectivity index is 1.99. The summed E-state index contributed by atoms with van der Waals surface area (Å²) in [7, 11) is 0. The van der Waals surface area contributed by atoms with Gasteiger partial charge in [-0.3, -0.25) is 0 Å². The highest BCUT2D eigenvalue weighted by molar-refractivity contribution is 7.98. The Labute approximate surface area is 138 Å². The van der Waals surface area contributed by atoms with Crippen molar-refractivity contribution >= 4 is 28.5 Å². The van der Waals surface area contributed by atoms with Gasteiger partial charge in [0.15, 0.2) is 0 Å². The normalized spacial score (nSPS) is 12.3. The van der Waals surface area contributed by atoms with Gasteiger partial charge in [-0.25, -0.2) is 19.3 Å². The molecular formula is C17H17FN4S. The summed E-state index contributed by atoms with van der Waals surface area (Å²) in [5.74, 6) is 1.21. The highest BCUT2D eigenvalue weighted by Gasteiger charge is 2.12. The van der Waals surface area contributed by atoms with E-state index in [4.69, 9.17) is 0 Å². The molecule has 0 aliphatic carbocycles. The number of halogens is 1. The predicted octanol–water partition coefficient (Wildman–Crippen LogP) is 4.37. The average Bonchev–Trinajstić information content (AvgIpc) is 2.55. The molecule has 0 fully saturated rings. The molecule has 0 saturated carbocycles. The predicted molar refractivity (Wildman–Crippen MR) is 92.3 cm³/mol. The number of nitrogens with one attached hydrogen (secondary N) is 1. The lowest BCUT2D eigenvalue weighted by Gasteiger charge is -2.17. The lowest BCUT2D eigenvalue weighted by atomic mass is 10.1. The lowest BCUT2D eigenvalue weighted by Crippen LogP contribution is -2.09. The van der Waals surface area contributed by atoms with Crippen LogP contribution in [0.5, 0.6) is 0 Å². The lowest BCUT2D eigenvalue weighted by molar-refractivity contribution is 0.626. The molecule has 23 heavy (non-hydrogen) atoms. The van der Waals surface area contributed by atoms with E-state index in [1.54, 1.807) is 30.1 Å². The van der Waals surface area contributed by atoms with Crippen molar-refractivity contribution in [3.05, 3.63) is 53.7 Å². The molecule has 0 aliphatic rings. The first kappa shape index (κ1) is 15.7. The van der Waals surface area contributed by atoms with Gasteiger partial charge in [0.1, 0.15) is 17.5 Å². The summed E-state index contributed by atoms with van der Waals surface area (Å²) < 4.78 is 13.1. The fourth-order valence-electron chi connectivity index (χ4n) is 2.39. The molecule has 2 heterocycles. The summed E-state index contributed by atoms with van der Waals surface area (Å²) >= 11 is 1.58. The van der Waals surface area contributed by atoms with Crippen LogP contribution in [-0.4, -0.2) is 21.2 Å². The van der Waals surface area contributed by atoms with E-state index in [9.17, 15) is 4.39 Å². The van der Waals surface area contributed by atoms with E-state index < -0.39 is 0 Å². The van der Waals surface area contributed by atoms with Crippen molar-refractivity contribution in [2.45, 2.75) is 24.9 Å². The molecule has 1 N–H and O–H groups in total. The van der Waals surface area contributed by atoms with Gasteiger partial charge in [-0.15, -0.1) is 11.8 Å². The quantitative estimate of drug-likeness (QED) is 0.721. The molecule has 0 bridgehead atoms. The Morgan fingerprint density at radius 3 is 2.61 bits per heavy atom. The zero-order chi connectivity index (χ0) is 16.4. The zero-order valence-corrected chi connectivity index (χ0v) is 14.0. The second kappa shape index (κ2) is 6.50. The molecule has 0 amide bonds. The molecule has 1 aromatic carbocycles. The molecule has 3 aromatic rings. The smallest absolute Gasteiger partial charge is 0.138 e. The summed E-state index contributed by atoms with van der Waals surface area (Å²) in [5.41, 5.74) is 1.80. The summed E-state index contributed by atoms with van der Waals surface area (Å²) in [6.45, 7) is 3.88. The molecule has 2 aromatic heterocycles. The number of aryl methyl sites for hydroxylation is 1. The Morgan fingerprint density at radius 1 is 1.17 bits per heavy atom. The van der Waals surface area contributed by atoms with E-state index in [-0.39, 0.29) is 11.9 Å². The van der Waals surface area contributed by atoms with Gasteiger partial charge in [-0.2, -0.15) is 0 Å². The topological polar surface area (TPSA) is 50.7 Å². The van der Waals surface area contributed by atoms with Crippen LogP contribution < -0.4 is 5.32 Å². The van der Waals surface area contributed by atoms with Crippen LogP contribution in [0.25, 0.3) is 10.9 Å². The van der Waals surface area contributed by atoms with Crippen molar-refractivity contribution in [3.63, 3.8) is 0 Å². The Morgan fingerprint density at radius 2 is 1.91 bits per heavy atom. The van der Waals surface area contributed by atoms with Gasteiger partial charge < -0.3 is 5.32 Å². The largest absolute Gasteiger partial charge is 0.363 e. The highest BCUT2D eigenvalue weighted by Crippen LogP contribution is 2.27. The van der Waals surface area contributed by atoms with Crippen LogP contribution in [0, 0.1) is 12.7 Å². The molecule has 0 saturated heterocycles. The number of anilines is 1. The van der Waals surface area contributed by atoms with Gasteiger partial charge in [-0.05, 0) is 43.9 Å². The molecule has 6 heteroatoms. The van der Waals surface area contributed by atoms with Crippen LogP contribution in [0.2, 0.25) is 0 Å². The van der Waals surface area contributed by atoms with Gasteiger partial charge in [0, 0.05) is 11.4 Å². The van der Waals surface area contributed by atoms with Crippen LogP contribution in [0.15, 0.2) is 41.6 Å². The SMILES string of the molecule is CSc1cc2c(NC(C)c3ccc(F)cc3)nc(C)nc2cn1. The number of thioether (sulfide) groups is 1. The third kappa shape index (κ3) is 3.42. The first-order valence-corrected chi connectivity index (χ1v) is 8.49. The third-order valence-electron chi connectivity index (χ3n) is 3.60. The third-order valence-corrected chi connectivity index (χ3v) is 4.24. The van der Waals surface area contributed by atoms with Crippen LogP contribution >= 0.6 is 11.8 Å². The molecule has 3 rings (SSSR count). The van der Waals surface area contributed by atoms with Gasteiger partial charge >= 0.3 is 0 Å². The summed E-state index contributed by atoms with van der Waals surface area (Å²) in [6, 6.07) is 8.47. The molecule has 1 unspecified atom stereocenters. The molecule has 4 nitrogen and oxygen atoms in total. The number of benzene rings is 1. The second-order valence-corrected chi connectivity index (χ2v) is 6.11. The molecular weight excluding hydrogens is 311 g/mol. The number of hydrogen-bond donors (Lipinski definition) is 1. The van der Waals surface area contributed by atoms with Gasteiger partial charge in [0.2, 0.25) is 0 Å². The van der Waals surface area contributed by atoms with E-state index >= 15 is 0 Å². The van der Waals surface area contributed by atoms with E-state index in [0.29, 0.717) is 5.82 Å². The maximum Gasteiger partial charge on any atom is 0.138 e. The maximum absolute atomic E-state index is 13.1. The standard InChI is InChI=1S/C17H17FN4S/c1-10(12-4-6-13(18)7-5-12)20-17-14-8-16(23-3)19-9-15(14)21-11(2)22-17/h4-10H,1-3H3,(H,20,21,22). The first-order valence-electron chi connectivity index (χ1n) is 7.27. The van der Waals surface area contributed by atoms with E-state index in [1.807, 2.05) is 26.2 Å². The van der Waals surface area contributed by atoms with Crippen molar-refractivity contribution in [2.75, 3.05) is 11.6 Å². The monoisotopic (exact) mass is 328 g/mol. The summed E-state index contributed by atoms with van der Waals surface area (Å²) in [5, 5.41) is 5.26. The zero-order valence-electron chi connectivity index (χ0n) is 13.2. The highest BCUT2D eigenvalue weighted by atomic mass is 32.2.